The van der Waals surface area contributed by atoms with Gasteiger partial charge in [0.15, 0.2) is 0 Å². The van der Waals surface area contributed by atoms with Gasteiger partial charge in [-0.3, -0.25) is 14.4 Å². The van der Waals surface area contributed by atoms with Gasteiger partial charge in [0.05, 0.1) is 26.4 Å². The van der Waals surface area contributed by atoms with Crippen LogP contribution >= 0.6 is 0 Å². The van der Waals surface area contributed by atoms with Crippen molar-refractivity contribution in [2.45, 2.75) is 207 Å². The Hall–Kier alpha value is -3.09. The number of hydrogen-bond acceptors (Lipinski definition) is 7. The number of ether oxygens (including phenoxy) is 4. The third-order valence-electron chi connectivity index (χ3n) is 10.4. The summed E-state index contributed by atoms with van der Waals surface area (Å²) in [5, 5.41) is 0. The average Bonchev–Trinajstić information content (AvgIpc) is 3.21. The van der Waals surface area contributed by atoms with Crippen molar-refractivity contribution in [2.75, 3.05) is 26.4 Å². The van der Waals surface area contributed by atoms with Gasteiger partial charge in [0, 0.05) is 37.3 Å². The van der Waals surface area contributed by atoms with Crippen LogP contribution in [0.1, 0.15) is 217 Å². The summed E-state index contributed by atoms with van der Waals surface area (Å²) in [7, 11) is 0. The van der Waals surface area contributed by atoms with E-state index in [0.29, 0.717) is 75.1 Å². The summed E-state index contributed by atoms with van der Waals surface area (Å²) in [6.45, 7) is 8.05. The summed E-state index contributed by atoms with van der Waals surface area (Å²) in [4.78, 5) is 36.5. The van der Waals surface area contributed by atoms with Crippen molar-refractivity contribution >= 4 is 18.2 Å². The van der Waals surface area contributed by atoms with Gasteiger partial charge < -0.3 is 18.9 Å². The van der Waals surface area contributed by atoms with Crippen LogP contribution in [0.4, 0.5) is 0 Å². The largest absolute Gasteiger partial charge is 0.493 e. The van der Waals surface area contributed by atoms with Gasteiger partial charge >= 0.3 is 11.9 Å². The molecule has 0 unspecified atom stereocenters. The Balaban J connectivity index is 2.23. The molecule has 0 N–H and O–H groups in total. The molecule has 0 aliphatic heterocycles. The minimum atomic E-state index is -0.161. The van der Waals surface area contributed by atoms with Crippen LogP contribution in [0, 0.1) is 5.92 Å². The summed E-state index contributed by atoms with van der Waals surface area (Å²) >= 11 is 0. The van der Waals surface area contributed by atoms with Gasteiger partial charge in [0.1, 0.15) is 17.8 Å². The van der Waals surface area contributed by atoms with Crippen molar-refractivity contribution in [3.05, 3.63) is 48.1 Å². The molecule has 0 amide bonds. The maximum absolute atomic E-state index is 12.7. The molecular formula is C50H84O7. The fraction of sp³-hybridized carbons (Fsp3) is 0.740. The fourth-order valence-electron chi connectivity index (χ4n) is 6.92. The number of rotatable bonds is 41. The van der Waals surface area contributed by atoms with Crippen molar-refractivity contribution in [1.29, 1.82) is 0 Å². The van der Waals surface area contributed by atoms with Gasteiger partial charge in [0.25, 0.3) is 0 Å². The normalized spacial score (nSPS) is 11.5. The molecule has 0 heterocycles. The molecule has 0 aliphatic carbocycles. The van der Waals surface area contributed by atoms with Gasteiger partial charge in [-0.1, -0.05) is 154 Å². The lowest BCUT2D eigenvalue weighted by molar-refractivity contribution is -0.145. The Morgan fingerprint density at radius 3 is 1.51 bits per heavy atom. The molecule has 57 heavy (non-hydrogen) atoms. The number of aldehydes is 1. The highest BCUT2D eigenvalue weighted by Crippen LogP contribution is 2.24. The Kier molecular flexibility index (Phi) is 36.2. The quantitative estimate of drug-likeness (QED) is 0.0282. The van der Waals surface area contributed by atoms with Gasteiger partial charge in [-0.25, -0.2) is 0 Å². The summed E-state index contributed by atoms with van der Waals surface area (Å²) in [5.74, 6) is 1.19. The molecule has 0 aliphatic rings. The molecule has 0 saturated heterocycles. The highest BCUT2D eigenvalue weighted by atomic mass is 16.5. The van der Waals surface area contributed by atoms with Crippen LogP contribution in [0.5, 0.6) is 11.5 Å². The van der Waals surface area contributed by atoms with E-state index < -0.39 is 0 Å². The van der Waals surface area contributed by atoms with Crippen molar-refractivity contribution in [3.63, 3.8) is 0 Å². The Morgan fingerprint density at radius 1 is 0.509 bits per heavy atom. The van der Waals surface area contributed by atoms with E-state index in [4.69, 9.17) is 18.9 Å². The molecule has 0 aromatic heterocycles. The van der Waals surface area contributed by atoms with E-state index >= 15 is 0 Å². The molecule has 0 spiro atoms. The second-order valence-electron chi connectivity index (χ2n) is 15.9. The summed E-state index contributed by atoms with van der Waals surface area (Å²) < 4.78 is 22.8. The maximum Gasteiger partial charge on any atom is 0.306 e. The number of carbonyl (C=O) groups is 3. The monoisotopic (exact) mass is 797 g/mol. The molecular weight excluding hydrogens is 713 g/mol. The van der Waals surface area contributed by atoms with Crippen LogP contribution in [0.2, 0.25) is 0 Å². The first kappa shape index (κ1) is 51.9. The zero-order valence-corrected chi connectivity index (χ0v) is 36.9. The third kappa shape index (κ3) is 33.6. The second kappa shape index (κ2) is 39.7. The van der Waals surface area contributed by atoms with Gasteiger partial charge in [-0.2, -0.15) is 0 Å². The number of esters is 2. The minimum Gasteiger partial charge on any atom is -0.493 e. The molecule has 1 rings (SSSR count). The van der Waals surface area contributed by atoms with Crippen LogP contribution < -0.4 is 9.47 Å². The lowest BCUT2D eigenvalue weighted by Gasteiger charge is -2.16. The van der Waals surface area contributed by atoms with E-state index in [-0.39, 0.29) is 11.9 Å². The molecule has 0 radical (unpaired) electrons. The van der Waals surface area contributed by atoms with Crippen molar-refractivity contribution in [3.8, 4) is 11.5 Å². The molecule has 0 atom stereocenters. The summed E-state index contributed by atoms with van der Waals surface area (Å²) in [6, 6.07) is 5.10. The minimum absolute atomic E-state index is 0.109. The zero-order valence-electron chi connectivity index (χ0n) is 36.9. The van der Waals surface area contributed by atoms with Crippen LogP contribution in [0.3, 0.4) is 0 Å². The molecule has 0 fully saturated rings. The van der Waals surface area contributed by atoms with Crippen molar-refractivity contribution in [1.82, 2.24) is 0 Å². The van der Waals surface area contributed by atoms with E-state index in [1.165, 1.54) is 116 Å². The molecule has 7 nitrogen and oxygen atoms in total. The summed E-state index contributed by atoms with van der Waals surface area (Å²) in [6.07, 6.45) is 42.1. The molecule has 1 aromatic carbocycles. The zero-order chi connectivity index (χ0) is 41.3. The van der Waals surface area contributed by atoms with Crippen molar-refractivity contribution in [2.24, 2.45) is 5.92 Å². The van der Waals surface area contributed by atoms with Gasteiger partial charge in [0.2, 0.25) is 0 Å². The molecule has 7 heteroatoms. The maximum atomic E-state index is 12.7. The Labute approximate surface area is 349 Å². The highest BCUT2D eigenvalue weighted by Gasteiger charge is 2.15. The van der Waals surface area contributed by atoms with Gasteiger partial charge in [-0.15, -0.1) is 0 Å². The van der Waals surface area contributed by atoms with Crippen LogP contribution in [-0.2, 0) is 19.1 Å². The Morgan fingerprint density at radius 2 is 0.965 bits per heavy atom. The van der Waals surface area contributed by atoms with E-state index in [9.17, 15) is 14.4 Å². The third-order valence-corrected chi connectivity index (χ3v) is 10.4. The average molecular weight is 797 g/mol. The SMILES string of the molecule is CCCCCC=CCC=CCCCCCCCC(=O)OCCCOc1cc(C=O)cc(OCCCOC(=O)CC(CCCCCCCC)CCCCCCCC)c1. The number of unbranched alkanes of at least 4 members (excludes halogenated alkanes) is 18. The van der Waals surface area contributed by atoms with E-state index in [0.717, 1.165) is 51.2 Å². The molecule has 0 bridgehead atoms. The number of hydrogen-bond donors (Lipinski definition) is 0. The molecule has 1 aromatic rings. The topological polar surface area (TPSA) is 88.1 Å². The smallest absolute Gasteiger partial charge is 0.306 e. The first-order valence-corrected chi connectivity index (χ1v) is 23.5. The lowest BCUT2D eigenvalue weighted by atomic mass is 9.91. The van der Waals surface area contributed by atoms with Crippen LogP contribution in [-0.4, -0.2) is 44.7 Å². The van der Waals surface area contributed by atoms with E-state index in [1.807, 2.05) is 0 Å². The van der Waals surface area contributed by atoms with E-state index in [1.54, 1.807) is 18.2 Å². The predicted molar refractivity (Wildman–Crippen MR) is 237 cm³/mol. The Bertz CT molecular complexity index is 1140. The predicted octanol–water partition coefficient (Wildman–Crippen LogP) is 14.4. The number of benzene rings is 1. The van der Waals surface area contributed by atoms with E-state index in [2.05, 4.69) is 45.1 Å². The fourth-order valence-corrected chi connectivity index (χ4v) is 6.92. The first-order chi connectivity index (χ1) is 28.0. The lowest BCUT2D eigenvalue weighted by Crippen LogP contribution is -2.14. The summed E-state index contributed by atoms with van der Waals surface area (Å²) in [5.41, 5.74) is 0.458. The molecule has 326 valence electrons. The standard InChI is InChI=1S/C50H84O7/c1-4-7-10-13-16-17-18-19-20-21-22-23-24-27-30-35-49(52)56-38-31-36-54-47-40-46(44-51)41-48(43-47)55-37-32-39-57-50(53)42-45(33-28-25-14-11-8-5-2)34-29-26-15-12-9-6-3/h16-17,19-20,40-41,43-45H,4-15,18,21-39,42H2,1-3H3. The van der Waals surface area contributed by atoms with Crippen LogP contribution in [0.25, 0.3) is 0 Å². The molecule has 0 saturated carbocycles. The first-order valence-electron chi connectivity index (χ1n) is 23.5. The van der Waals surface area contributed by atoms with Gasteiger partial charge in [-0.05, 0) is 69.4 Å². The number of carbonyl (C=O) groups excluding carboxylic acids is 3. The number of allylic oxidation sites excluding steroid dienone is 4. The van der Waals surface area contributed by atoms with Crippen LogP contribution in [0.15, 0.2) is 42.5 Å². The van der Waals surface area contributed by atoms with Crippen molar-refractivity contribution < 1.29 is 33.3 Å². The highest BCUT2D eigenvalue weighted by molar-refractivity contribution is 5.76. The second-order valence-corrected chi connectivity index (χ2v) is 15.9.